The second kappa shape index (κ2) is 6.95. The first-order valence-corrected chi connectivity index (χ1v) is 8.39. The van der Waals surface area contributed by atoms with E-state index in [9.17, 15) is 4.39 Å². The minimum Gasteiger partial charge on any atom is -0.494 e. The van der Waals surface area contributed by atoms with Crippen molar-refractivity contribution in [2.24, 2.45) is 0 Å². The molecular weight excluding hydrogens is 333 g/mol. The topological polar surface area (TPSA) is 72.0 Å². The SMILES string of the molecule is COc1ccc(Nc2cc(-c3ccccn3)nc(NC3CC3)n2)cc1F. The highest BCUT2D eigenvalue weighted by molar-refractivity contribution is 5.65. The van der Waals surface area contributed by atoms with Crippen LogP contribution in [-0.4, -0.2) is 28.1 Å². The summed E-state index contributed by atoms with van der Waals surface area (Å²) in [5.41, 5.74) is 2.02. The van der Waals surface area contributed by atoms with Crippen molar-refractivity contribution in [1.29, 1.82) is 0 Å². The van der Waals surface area contributed by atoms with E-state index in [-0.39, 0.29) is 5.75 Å². The maximum atomic E-state index is 13.9. The van der Waals surface area contributed by atoms with E-state index in [1.165, 1.54) is 13.2 Å². The molecule has 2 N–H and O–H groups in total. The van der Waals surface area contributed by atoms with Gasteiger partial charge in [-0.3, -0.25) is 4.98 Å². The molecule has 26 heavy (non-hydrogen) atoms. The summed E-state index contributed by atoms with van der Waals surface area (Å²) < 4.78 is 18.9. The average Bonchev–Trinajstić information content (AvgIpc) is 3.46. The standard InChI is InChI=1S/C19H18FN5O/c1-26-17-8-7-13(10-14(17)20)22-18-11-16(15-4-2-3-9-21-15)24-19(25-18)23-12-5-6-12/h2-4,7-12H,5-6H2,1H3,(H2,22,23,24,25). The van der Waals surface area contributed by atoms with Crippen LogP contribution in [0.4, 0.5) is 21.8 Å². The summed E-state index contributed by atoms with van der Waals surface area (Å²) in [4.78, 5) is 13.4. The van der Waals surface area contributed by atoms with Crippen LogP contribution in [0.3, 0.4) is 0 Å². The first kappa shape index (κ1) is 16.3. The molecule has 1 aromatic carbocycles. The second-order valence-electron chi connectivity index (χ2n) is 6.07. The molecule has 4 rings (SSSR count). The molecule has 1 fully saturated rings. The first-order chi connectivity index (χ1) is 12.7. The van der Waals surface area contributed by atoms with Crippen LogP contribution in [0.15, 0.2) is 48.7 Å². The Kier molecular flexibility index (Phi) is 4.35. The number of nitrogens with zero attached hydrogens (tertiary/aromatic N) is 3. The van der Waals surface area contributed by atoms with E-state index in [0.717, 1.165) is 18.5 Å². The van der Waals surface area contributed by atoms with Gasteiger partial charge >= 0.3 is 0 Å². The van der Waals surface area contributed by atoms with Gasteiger partial charge in [0.1, 0.15) is 5.82 Å². The van der Waals surface area contributed by atoms with Gasteiger partial charge < -0.3 is 15.4 Å². The number of halogens is 1. The van der Waals surface area contributed by atoms with E-state index in [4.69, 9.17) is 4.74 Å². The minimum absolute atomic E-state index is 0.198. The molecule has 1 aliphatic carbocycles. The Hall–Kier alpha value is -3.22. The van der Waals surface area contributed by atoms with Gasteiger partial charge in [0.15, 0.2) is 11.6 Å². The number of pyridine rings is 1. The molecule has 0 aliphatic heterocycles. The lowest BCUT2D eigenvalue weighted by atomic mass is 10.2. The maximum Gasteiger partial charge on any atom is 0.225 e. The van der Waals surface area contributed by atoms with Gasteiger partial charge in [-0.25, -0.2) is 9.37 Å². The Balaban J connectivity index is 1.66. The molecule has 0 radical (unpaired) electrons. The van der Waals surface area contributed by atoms with Gasteiger partial charge in [0.05, 0.1) is 18.5 Å². The summed E-state index contributed by atoms with van der Waals surface area (Å²) in [6, 6.07) is 12.5. The molecule has 2 heterocycles. The summed E-state index contributed by atoms with van der Waals surface area (Å²) in [7, 11) is 1.44. The Labute approximate surface area is 150 Å². The van der Waals surface area contributed by atoms with Crippen molar-refractivity contribution in [3.63, 3.8) is 0 Å². The molecule has 0 saturated heterocycles. The van der Waals surface area contributed by atoms with Gasteiger partial charge in [-0.05, 0) is 37.1 Å². The summed E-state index contributed by atoms with van der Waals surface area (Å²) in [6.07, 6.45) is 3.95. The monoisotopic (exact) mass is 351 g/mol. The van der Waals surface area contributed by atoms with E-state index in [1.807, 2.05) is 18.2 Å². The lowest BCUT2D eigenvalue weighted by molar-refractivity contribution is 0.386. The number of anilines is 3. The van der Waals surface area contributed by atoms with E-state index in [1.54, 1.807) is 24.4 Å². The zero-order valence-electron chi connectivity index (χ0n) is 14.2. The predicted octanol–water partition coefficient (Wildman–Crippen LogP) is 4.00. The summed E-state index contributed by atoms with van der Waals surface area (Å²) in [6.45, 7) is 0. The number of methoxy groups -OCH3 is 1. The van der Waals surface area contributed by atoms with Crippen LogP contribution in [0, 0.1) is 5.82 Å². The lowest BCUT2D eigenvalue weighted by Crippen LogP contribution is -2.08. The fourth-order valence-corrected chi connectivity index (χ4v) is 2.52. The molecule has 7 heteroatoms. The third-order valence-corrected chi connectivity index (χ3v) is 3.99. The number of rotatable bonds is 6. The van der Waals surface area contributed by atoms with Crippen LogP contribution >= 0.6 is 0 Å². The fourth-order valence-electron chi connectivity index (χ4n) is 2.52. The lowest BCUT2D eigenvalue weighted by Gasteiger charge is -2.11. The highest BCUT2D eigenvalue weighted by atomic mass is 19.1. The summed E-state index contributed by atoms with van der Waals surface area (Å²) >= 11 is 0. The number of hydrogen-bond acceptors (Lipinski definition) is 6. The molecule has 0 bridgehead atoms. The maximum absolute atomic E-state index is 13.9. The van der Waals surface area contributed by atoms with Crippen molar-refractivity contribution in [3.8, 4) is 17.1 Å². The highest BCUT2D eigenvalue weighted by Gasteiger charge is 2.22. The molecule has 3 aromatic rings. The predicted molar refractivity (Wildman–Crippen MR) is 98.1 cm³/mol. The Morgan fingerprint density at radius 2 is 1.96 bits per heavy atom. The third kappa shape index (κ3) is 3.72. The van der Waals surface area contributed by atoms with Crippen molar-refractivity contribution in [2.75, 3.05) is 17.7 Å². The van der Waals surface area contributed by atoms with Crippen LogP contribution in [-0.2, 0) is 0 Å². The zero-order chi connectivity index (χ0) is 17.9. The van der Waals surface area contributed by atoms with E-state index in [0.29, 0.717) is 29.2 Å². The minimum atomic E-state index is -0.437. The molecule has 0 unspecified atom stereocenters. The number of benzene rings is 1. The van der Waals surface area contributed by atoms with Crippen molar-refractivity contribution in [3.05, 3.63) is 54.5 Å². The highest BCUT2D eigenvalue weighted by Crippen LogP contribution is 2.28. The van der Waals surface area contributed by atoms with Gasteiger partial charge in [-0.15, -0.1) is 0 Å². The molecular formula is C19H18FN5O. The van der Waals surface area contributed by atoms with E-state index >= 15 is 0 Å². The molecule has 2 aromatic heterocycles. The smallest absolute Gasteiger partial charge is 0.225 e. The van der Waals surface area contributed by atoms with Crippen LogP contribution in [0.5, 0.6) is 5.75 Å². The van der Waals surface area contributed by atoms with Crippen molar-refractivity contribution in [1.82, 2.24) is 15.0 Å². The largest absolute Gasteiger partial charge is 0.494 e. The van der Waals surface area contributed by atoms with Crippen LogP contribution in [0.1, 0.15) is 12.8 Å². The Bertz CT molecular complexity index is 915. The number of aromatic nitrogens is 3. The Morgan fingerprint density at radius 3 is 2.65 bits per heavy atom. The molecule has 0 spiro atoms. The van der Waals surface area contributed by atoms with Crippen molar-refractivity contribution >= 4 is 17.5 Å². The van der Waals surface area contributed by atoms with Crippen LogP contribution in [0.25, 0.3) is 11.4 Å². The zero-order valence-corrected chi connectivity index (χ0v) is 14.2. The average molecular weight is 351 g/mol. The van der Waals surface area contributed by atoms with Gasteiger partial charge in [0.2, 0.25) is 5.95 Å². The normalized spacial score (nSPS) is 13.3. The van der Waals surface area contributed by atoms with E-state index < -0.39 is 5.82 Å². The third-order valence-electron chi connectivity index (χ3n) is 3.99. The van der Waals surface area contributed by atoms with Gasteiger partial charge in [-0.1, -0.05) is 6.07 Å². The summed E-state index contributed by atoms with van der Waals surface area (Å²) in [5.74, 6) is 0.858. The summed E-state index contributed by atoms with van der Waals surface area (Å²) in [5, 5.41) is 6.42. The second-order valence-corrected chi connectivity index (χ2v) is 6.07. The quantitative estimate of drug-likeness (QED) is 0.699. The van der Waals surface area contributed by atoms with Crippen LogP contribution in [0.2, 0.25) is 0 Å². The molecule has 1 aliphatic rings. The van der Waals surface area contributed by atoms with Gasteiger partial charge in [0.25, 0.3) is 0 Å². The molecule has 132 valence electrons. The van der Waals surface area contributed by atoms with Crippen molar-refractivity contribution < 1.29 is 9.13 Å². The molecule has 0 atom stereocenters. The fraction of sp³-hybridized carbons (Fsp3) is 0.211. The van der Waals surface area contributed by atoms with Gasteiger partial charge in [0, 0.05) is 30.1 Å². The number of ether oxygens (including phenoxy) is 1. The molecule has 1 saturated carbocycles. The Morgan fingerprint density at radius 1 is 1.08 bits per heavy atom. The van der Waals surface area contributed by atoms with E-state index in [2.05, 4.69) is 25.6 Å². The first-order valence-electron chi connectivity index (χ1n) is 8.39. The molecule has 6 nitrogen and oxygen atoms in total. The molecule has 0 amide bonds. The number of nitrogens with one attached hydrogen (secondary N) is 2. The van der Waals surface area contributed by atoms with Gasteiger partial charge in [-0.2, -0.15) is 4.98 Å². The van der Waals surface area contributed by atoms with Crippen molar-refractivity contribution in [2.45, 2.75) is 18.9 Å². The number of hydrogen-bond donors (Lipinski definition) is 2. The van der Waals surface area contributed by atoms with Crippen LogP contribution < -0.4 is 15.4 Å².